The summed E-state index contributed by atoms with van der Waals surface area (Å²) in [4.78, 5) is 2.64. The van der Waals surface area contributed by atoms with Crippen molar-refractivity contribution >= 4 is 0 Å². The van der Waals surface area contributed by atoms with Gasteiger partial charge in [-0.05, 0) is 23.2 Å². The maximum atomic E-state index is 8.77. The summed E-state index contributed by atoms with van der Waals surface area (Å²) in [7, 11) is 1.50. The molecule has 1 aromatic carbocycles. The van der Waals surface area contributed by atoms with Crippen LogP contribution < -0.4 is 4.74 Å². The van der Waals surface area contributed by atoms with Crippen LogP contribution in [0.25, 0.3) is 10.4 Å². The lowest BCUT2D eigenvalue weighted by atomic mass is 10.1. The molecule has 0 aliphatic rings. The molecule has 1 rings (SSSR count). The summed E-state index contributed by atoms with van der Waals surface area (Å²) in [5.74, 6) is 0.525. The first-order chi connectivity index (χ1) is 6.81. The summed E-state index contributed by atoms with van der Waals surface area (Å²) in [6.07, 6.45) is 0. The van der Waals surface area contributed by atoms with Crippen LogP contribution in [0.2, 0.25) is 0 Å². The molecule has 0 aromatic heterocycles. The van der Waals surface area contributed by atoms with E-state index in [9.17, 15) is 0 Å². The molecule has 0 saturated carbocycles. The number of rotatable bonds is 3. The Morgan fingerprint density at radius 3 is 3.00 bits per heavy atom. The van der Waals surface area contributed by atoms with Crippen molar-refractivity contribution in [3.63, 3.8) is 0 Å². The van der Waals surface area contributed by atoms with Gasteiger partial charge in [0, 0.05) is 4.91 Å². The van der Waals surface area contributed by atoms with Crippen LogP contribution >= 0.6 is 0 Å². The Bertz CT molecular complexity index is 415. The summed E-state index contributed by atoms with van der Waals surface area (Å²) in [6, 6.07) is 7.09. The lowest BCUT2D eigenvalue weighted by Crippen LogP contribution is -1.89. The first-order valence-electron chi connectivity index (χ1n) is 3.89. The molecule has 0 spiro atoms. The molecule has 70 valence electrons. The van der Waals surface area contributed by atoms with Crippen molar-refractivity contribution in [3.8, 4) is 11.8 Å². The number of nitrogens with zero attached hydrogens (tertiary/aromatic N) is 4. The number of nitriles is 1. The van der Waals surface area contributed by atoms with Gasteiger partial charge in [0.2, 0.25) is 0 Å². The Kier molecular flexibility index (Phi) is 3.36. The first kappa shape index (κ1) is 9.90. The van der Waals surface area contributed by atoms with Gasteiger partial charge in [-0.2, -0.15) is 5.26 Å². The predicted octanol–water partition coefficient (Wildman–Crippen LogP) is 2.38. The van der Waals surface area contributed by atoms with Crippen molar-refractivity contribution in [1.82, 2.24) is 0 Å². The molecule has 0 fully saturated rings. The second-order valence-electron chi connectivity index (χ2n) is 2.54. The third-order valence-corrected chi connectivity index (χ3v) is 1.70. The van der Waals surface area contributed by atoms with E-state index in [1.807, 2.05) is 6.07 Å². The Labute approximate surface area is 81.2 Å². The van der Waals surface area contributed by atoms with Crippen molar-refractivity contribution in [2.24, 2.45) is 5.11 Å². The standard InChI is InChI=1S/C9H8N4O/c1-14-9-3-2-7(6-12-13-11)4-8(9)5-10/h2-4H,6H2,1H3. The summed E-state index contributed by atoms with van der Waals surface area (Å²) in [6.45, 7) is 0.245. The van der Waals surface area contributed by atoms with E-state index in [1.54, 1.807) is 18.2 Å². The highest BCUT2D eigenvalue weighted by Crippen LogP contribution is 2.19. The average molecular weight is 188 g/mol. The van der Waals surface area contributed by atoms with Gasteiger partial charge in [-0.15, -0.1) is 0 Å². The second kappa shape index (κ2) is 4.75. The van der Waals surface area contributed by atoms with Crippen molar-refractivity contribution in [1.29, 1.82) is 5.26 Å². The topological polar surface area (TPSA) is 81.8 Å². The third-order valence-electron chi connectivity index (χ3n) is 1.70. The molecule has 0 aliphatic heterocycles. The van der Waals surface area contributed by atoms with E-state index < -0.39 is 0 Å². The molecule has 0 radical (unpaired) electrons. The lowest BCUT2D eigenvalue weighted by Gasteiger charge is -2.03. The SMILES string of the molecule is COc1ccc(CN=[N+]=[N-])cc1C#N. The van der Waals surface area contributed by atoms with Crippen molar-refractivity contribution < 1.29 is 4.74 Å². The molecule has 0 amide bonds. The Morgan fingerprint density at radius 1 is 1.64 bits per heavy atom. The van der Waals surface area contributed by atoms with Crippen LogP contribution in [0.3, 0.4) is 0 Å². The number of azide groups is 1. The smallest absolute Gasteiger partial charge is 0.136 e. The molecule has 0 unspecified atom stereocenters. The van der Waals surface area contributed by atoms with Crippen LogP contribution in [-0.2, 0) is 6.54 Å². The highest BCUT2D eigenvalue weighted by molar-refractivity contribution is 5.45. The molecular formula is C9H8N4O. The van der Waals surface area contributed by atoms with E-state index in [-0.39, 0.29) is 6.54 Å². The average Bonchev–Trinajstić information content (AvgIpc) is 2.25. The first-order valence-corrected chi connectivity index (χ1v) is 3.89. The third kappa shape index (κ3) is 2.16. The highest BCUT2D eigenvalue weighted by atomic mass is 16.5. The Morgan fingerprint density at radius 2 is 2.43 bits per heavy atom. The quantitative estimate of drug-likeness (QED) is 0.414. The van der Waals surface area contributed by atoms with Crippen molar-refractivity contribution in [2.75, 3.05) is 7.11 Å². The van der Waals surface area contributed by atoms with Gasteiger partial charge in [0.1, 0.15) is 11.8 Å². The summed E-state index contributed by atoms with van der Waals surface area (Å²) in [5, 5.41) is 12.2. The molecule has 0 N–H and O–H groups in total. The van der Waals surface area contributed by atoms with Crippen LogP contribution in [-0.4, -0.2) is 7.11 Å². The number of hydrogen-bond acceptors (Lipinski definition) is 3. The van der Waals surface area contributed by atoms with Crippen LogP contribution in [0.15, 0.2) is 23.3 Å². The minimum Gasteiger partial charge on any atom is -0.495 e. The second-order valence-corrected chi connectivity index (χ2v) is 2.54. The molecule has 5 nitrogen and oxygen atoms in total. The van der Waals surface area contributed by atoms with E-state index in [0.717, 1.165) is 5.56 Å². The number of benzene rings is 1. The number of ether oxygens (including phenoxy) is 1. The van der Waals surface area contributed by atoms with E-state index >= 15 is 0 Å². The van der Waals surface area contributed by atoms with Gasteiger partial charge in [0.05, 0.1) is 19.2 Å². The molecule has 14 heavy (non-hydrogen) atoms. The molecule has 0 heterocycles. The maximum Gasteiger partial charge on any atom is 0.136 e. The Balaban J connectivity index is 3.02. The largest absolute Gasteiger partial charge is 0.495 e. The molecular weight excluding hydrogens is 180 g/mol. The normalized spacial score (nSPS) is 8.57. The molecule has 0 atom stereocenters. The minimum absolute atomic E-state index is 0.245. The summed E-state index contributed by atoms with van der Waals surface area (Å²) in [5.41, 5.74) is 9.36. The zero-order valence-corrected chi connectivity index (χ0v) is 7.64. The molecule has 0 bridgehead atoms. The van der Waals surface area contributed by atoms with E-state index in [0.29, 0.717) is 11.3 Å². The van der Waals surface area contributed by atoms with Crippen LogP contribution in [0, 0.1) is 11.3 Å². The fourth-order valence-electron chi connectivity index (χ4n) is 1.05. The van der Waals surface area contributed by atoms with Crippen LogP contribution in [0.5, 0.6) is 5.75 Å². The van der Waals surface area contributed by atoms with Crippen LogP contribution in [0.1, 0.15) is 11.1 Å². The van der Waals surface area contributed by atoms with Crippen molar-refractivity contribution in [3.05, 3.63) is 39.8 Å². The zero-order valence-electron chi connectivity index (χ0n) is 7.64. The number of hydrogen-bond donors (Lipinski definition) is 0. The molecule has 0 saturated heterocycles. The molecule has 1 aromatic rings. The Hall–Kier alpha value is -2.18. The summed E-state index contributed by atoms with van der Waals surface area (Å²) >= 11 is 0. The van der Waals surface area contributed by atoms with E-state index in [4.69, 9.17) is 15.5 Å². The predicted molar refractivity (Wildman–Crippen MR) is 50.6 cm³/mol. The molecule has 0 aliphatic carbocycles. The highest BCUT2D eigenvalue weighted by Gasteiger charge is 2.02. The van der Waals surface area contributed by atoms with Gasteiger partial charge in [-0.3, -0.25) is 0 Å². The fourth-order valence-corrected chi connectivity index (χ4v) is 1.05. The number of methoxy groups -OCH3 is 1. The van der Waals surface area contributed by atoms with E-state index in [1.165, 1.54) is 7.11 Å². The van der Waals surface area contributed by atoms with Crippen LogP contribution in [0.4, 0.5) is 0 Å². The lowest BCUT2D eigenvalue weighted by molar-refractivity contribution is 0.413. The monoisotopic (exact) mass is 188 g/mol. The fraction of sp³-hybridized carbons (Fsp3) is 0.222. The van der Waals surface area contributed by atoms with Gasteiger partial charge in [-0.25, -0.2) is 0 Å². The zero-order chi connectivity index (χ0) is 10.4. The minimum atomic E-state index is 0.245. The summed E-state index contributed by atoms with van der Waals surface area (Å²) < 4.78 is 4.97. The van der Waals surface area contributed by atoms with Gasteiger partial charge in [-0.1, -0.05) is 11.2 Å². The molecule has 5 heteroatoms. The van der Waals surface area contributed by atoms with Gasteiger partial charge >= 0.3 is 0 Å². The van der Waals surface area contributed by atoms with Gasteiger partial charge in [0.15, 0.2) is 0 Å². The van der Waals surface area contributed by atoms with E-state index in [2.05, 4.69) is 10.0 Å². The van der Waals surface area contributed by atoms with Gasteiger partial charge in [0.25, 0.3) is 0 Å². The maximum absolute atomic E-state index is 8.77. The van der Waals surface area contributed by atoms with Gasteiger partial charge < -0.3 is 4.74 Å². The van der Waals surface area contributed by atoms with Crippen molar-refractivity contribution in [2.45, 2.75) is 6.54 Å².